The molecule has 0 saturated heterocycles. The first-order valence-corrected chi connectivity index (χ1v) is 13.5. The minimum absolute atomic E-state index is 0.167. The number of nitrogens with zero attached hydrogens (tertiary/aromatic N) is 2. The van der Waals surface area contributed by atoms with Crippen LogP contribution in [-0.2, 0) is 26.2 Å². The lowest BCUT2D eigenvalue weighted by Gasteiger charge is -2.31. The molecule has 2 aromatic rings. The number of hydrogen-bond acceptors (Lipinski definition) is 4. The van der Waals surface area contributed by atoms with Crippen LogP contribution < -0.4 is 9.62 Å². The molecule has 180 valence electrons. The van der Waals surface area contributed by atoms with Crippen LogP contribution in [0.2, 0.25) is 0 Å². The summed E-state index contributed by atoms with van der Waals surface area (Å²) >= 11 is 3.42. The van der Waals surface area contributed by atoms with Crippen LogP contribution >= 0.6 is 15.9 Å². The third-order valence-electron chi connectivity index (χ3n) is 5.29. The highest BCUT2D eigenvalue weighted by Crippen LogP contribution is 2.23. The van der Waals surface area contributed by atoms with Crippen LogP contribution in [0.4, 0.5) is 5.69 Å². The summed E-state index contributed by atoms with van der Waals surface area (Å²) in [5.41, 5.74) is 2.30. The Morgan fingerprint density at radius 3 is 2.21 bits per heavy atom. The lowest BCUT2D eigenvalue weighted by atomic mass is 10.0. The Kier molecular flexibility index (Phi) is 9.48. The van der Waals surface area contributed by atoms with E-state index in [1.165, 1.54) is 4.90 Å². The zero-order valence-corrected chi connectivity index (χ0v) is 22.1. The van der Waals surface area contributed by atoms with Crippen molar-refractivity contribution in [3.8, 4) is 0 Å². The van der Waals surface area contributed by atoms with E-state index in [4.69, 9.17) is 0 Å². The van der Waals surface area contributed by atoms with E-state index < -0.39 is 28.5 Å². The van der Waals surface area contributed by atoms with Crippen molar-refractivity contribution in [2.45, 2.75) is 46.2 Å². The summed E-state index contributed by atoms with van der Waals surface area (Å²) in [6, 6.07) is 13.8. The highest BCUT2D eigenvalue weighted by Gasteiger charge is 2.30. The number of amides is 2. The van der Waals surface area contributed by atoms with Gasteiger partial charge in [0.05, 0.1) is 11.9 Å². The summed E-state index contributed by atoms with van der Waals surface area (Å²) in [5.74, 6) is -0.467. The fourth-order valence-corrected chi connectivity index (χ4v) is 4.67. The van der Waals surface area contributed by atoms with E-state index in [1.807, 2.05) is 36.4 Å². The lowest BCUT2D eigenvalue weighted by Crippen LogP contribution is -2.51. The smallest absolute Gasteiger partial charge is 0.244 e. The molecule has 0 aliphatic heterocycles. The van der Waals surface area contributed by atoms with Gasteiger partial charge in [0.15, 0.2) is 0 Å². The average molecular weight is 539 g/mol. The van der Waals surface area contributed by atoms with Gasteiger partial charge in [0, 0.05) is 17.6 Å². The molecule has 2 rings (SSSR count). The number of carbonyl (C=O) groups excluding carboxylic acids is 2. The van der Waals surface area contributed by atoms with Crippen LogP contribution in [0.3, 0.4) is 0 Å². The van der Waals surface area contributed by atoms with Gasteiger partial charge in [0.25, 0.3) is 0 Å². The van der Waals surface area contributed by atoms with Crippen molar-refractivity contribution in [3.63, 3.8) is 0 Å². The molecule has 1 N–H and O–H groups in total. The molecule has 0 bridgehead atoms. The van der Waals surface area contributed by atoms with Gasteiger partial charge in [0.1, 0.15) is 12.6 Å². The van der Waals surface area contributed by atoms with Crippen LogP contribution in [0, 0.1) is 0 Å². The predicted molar refractivity (Wildman–Crippen MR) is 136 cm³/mol. The van der Waals surface area contributed by atoms with Gasteiger partial charge in [-0.05, 0) is 55.2 Å². The molecule has 0 fully saturated rings. The number of hydrogen-bond donors (Lipinski definition) is 1. The van der Waals surface area contributed by atoms with Gasteiger partial charge in [0.2, 0.25) is 21.8 Å². The van der Waals surface area contributed by atoms with E-state index in [1.54, 1.807) is 26.0 Å². The number of carbonyl (C=O) groups is 2. The highest BCUT2D eigenvalue weighted by molar-refractivity contribution is 9.10. The molecular formula is C24H32BrN3O4S. The van der Waals surface area contributed by atoms with E-state index in [0.29, 0.717) is 18.2 Å². The number of benzene rings is 2. The van der Waals surface area contributed by atoms with Crippen molar-refractivity contribution >= 4 is 43.5 Å². The lowest BCUT2D eigenvalue weighted by molar-refractivity contribution is -0.139. The molecular weight excluding hydrogens is 506 g/mol. The Bertz CT molecular complexity index is 1070. The maximum Gasteiger partial charge on any atom is 0.244 e. The van der Waals surface area contributed by atoms with Crippen molar-refractivity contribution in [2.24, 2.45) is 0 Å². The Labute approximate surface area is 205 Å². The molecule has 9 heteroatoms. The topological polar surface area (TPSA) is 86.8 Å². The molecule has 0 saturated carbocycles. The van der Waals surface area contributed by atoms with Crippen LogP contribution in [0.25, 0.3) is 0 Å². The Morgan fingerprint density at radius 1 is 1.06 bits per heavy atom. The predicted octanol–water partition coefficient (Wildman–Crippen LogP) is 3.89. The zero-order chi connectivity index (χ0) is 24.8. The third-order valence-corrected chi connectivity index (χ3v) is 6.92. The van der Waals surface area contributed by atoms with Gasteiger partial charge >= 0.3 is 0 Å². The molecule has 0 aromatic heterocycles. The summed E-state index contributed by atoms with van der Waals surface area (Å²) in [6.07, 6.45) is 1.07. The van der Waals surface area contributed by atoms with E-state index in [0.717, 1.165) is 26.2 Å². The van der Waals surface area contributed by atoms with E-state index in [9.17, 15) is 18.0 Å². The van der Waals surface area contributed by atoms with Gasteiger partial charge in [-0.3, -0.25) is 13.9 Å². The van der Waals surface area contributed by atoms with Crippen molar-refractivity contribution in [1.82, 2.24) is 10.2 Å². The molecule has 2 aromatic carbocycles. The summed E-state index contributed by atoms with van der Waals surface area (Å²) < 4.78 is 27.1. The van der Waals surface area contributed by atoms with Crippen molar-refractivity contribution < 1.29 is 18.0 Å². The highest BCUT2D eigenvalue weighted by atomic mass is 79.9. The number of likely N-dealkylation sites (N-methyl/N-ethyl adjacent to an activating group) is 1. The van der Waals surface area contributed by atoms with Gasteiger partial charge in [-0.25, -0.2) is 8.42 Å². The first-order chi connectivity index (χ1) is 15.4. The number of sulfonamides is 1. The molecule has 33 heavy (non-hydrogen) atoms. The molecule has 0 heterocycles. The SMILES string of the molecule is CCNC(=O)[C@@H](C)N(Cc1cccc(Br)c1)C(=O)CN(c1ccc(C(C)C)cc1)S(C)(=O)=O. The number of nitrogens with one attached hydrogen (secondary N) is 1. The van der Waals surface area contributed by atoms with E-state index >= 15 is 0 Å². The Morgan fingerprint density at radius 2 is 1.70 bits per heavy atom. The van der Waals surface area contributed by atoms with Crippen molar-refractivity contribution in [3.05, 3.63) is 64.1 Å². The van der Waals surface area contributed by atoms with E-state index in [2.05, 4.69) is 35.1 Å². The van der Waals surface area contributed by atoms with Crippen LogP contribution in [0.5, 0.6) is 0 Å². The number of anilines is 1. The van der Waals surface area contributed by atoms with Crippen molar-refractivity contribution in [1.29, 1.82) is 0 Å². The van der Waals surface area contributed by atoms with Crippen LogP contribution in [0.15, 0.2) is 53.0 Å². The second-order valence-corrected chi connectivity index (χ2v) is 11.1. The van der Waals surface area contributed by atoms with Crippen LogP contribution in [0.1, 0.15) is 44.7 Å². The molecule has 0 radical (unpaired) electrons. The summed E-state index contributed by atoms with van der Waals surface area (Å²) in [4.78, 5) is 27.4. The molecule has 2 amide bonds. The standard InChI is InChI=1S/C24H32BrN3O4S/c1-6-26-24(30)18(4)27(15-19-8-7-9-21(25)14-19)23(29)16-28(33(5,31)32)22-12-10-20(11-13-22)17(2)3/h7-14,17-18H,6,15-16H2,1-5H3,(H,26,30)/t18-/m1/s1. The summed E-state index contributed by atoms with van der Waals surface area (Å²) in [5, 5.41) is 2.74. The molecule has 0 spiro atoms. The third kappa shape index (κ3) is 7.57. The maximum atomic E-state index is 13.4. The minimum atomic E-state index is -3.74. The normalized spacial score (nSPS) is 12.3. The Balaban J connectivity index is 2.37. The number of halogens is 1. The van der Waals surface area contributed by atoms with Gasteiger partial charge < -0.3 is 10.2 Å². The fraction of sp³-hybridized carbons (Fsp3) is 0.417. The monoisotopic (exact) mass is 537 g/mol. The minimum Gasteiger partial charge on any atom is -0.355 e. The van der Waals surface area contributed by atoms with Gasteiger partial charge in [-0.15, -0.1) is 0 Å². The molecule has 1 atom stereocenters. The average Bonchev–Trinajstić information content (AvgIpc) is 2.74. The summed E-state index contributed by atoms with van der Waals surface area (Å²) in [7, 11) is -3.74. The fourth-order valence-electron chi connectivity index (χ4n) is 3.38. The molecule has 0 unspecified atom stereocenters. The first kappa shape index (κ1) is 26.9. The number of rotatable bonds is 10. The van der Waals surface area contributed by atoms with Crippen molar-refractivity contribution in [2.75, 3.05) is 23.7 Å². The molecule has 7 nitrogen and oxygen atoms in total. The van der Waals surface area contributed by atoms with Gasteiger partial charge in [-0.1, -0.05) is 54.0 Å². The zero-order valence-electron chi connectivity index (χ0n) is 19.7. The van der Waals surface area contributed by atoms with Crippen LogP contribution in [-0.4, -0.2) is 50.5 Å². The van der Waals surface area contributed by atoms with Gasteiger partial charge in [-0.2, -0.15) is 0 Å². The Hall–Kier alpha value is -2.39. The maximum absolute atomic E-state index is 13.4. The largest absolute Gasteiger partial charge is 0.355 e. The van der Waals surface area contributed by atoms with E-state index in [-0.39, 0.29) is 12.5 Å². The molecule has 0 aliphatic carbocycles. The second-order valence-electron chi connectivity index (χ2n) is 8.24. The quantitative estimate of drug-likeness (QED) is 0.498. The molecule has 0 aliphatic rings. The first-order valence-electron chi connectivity index (χ1n) is 10.8. The second kappa shape index (κ2) is 11.7. The summed E-state index contributed by atoms with van der Waals surface area (Å²) in [6.45, 7) is 7.74.